The van der Waals surface area contributed by atoms with Crippen LogP contribution in [0.1, 0.15) is 33.6 Å². The summed E-state index contributed by atoms with van der Waals surface area (Å²) in [7, 11) is 0. The Morgan fingerprint density at radius 3 is 2.44 bits per heavy atom. The van der Waals surface area contributed by atoms with Crippen molar-refractivity contribution in [2.24, 2.45) is 11.8 Å². The average Bonchev–Trinajstić information content (AvgIpc) is 2.20. The van der Waals surface area contributed by atoms with E-state index < -0.39 is 12.1 Å². The van der Waals surface area contributed by atoms with E-state index in [2.05, 4.69) is 5.32 Å². The molecule has 0 heterocycles. The summed E-state index contributed by atoms with van der Waals surface area (Å²) in [6.07, 6.45) is 0.250. The van der Waals surface area contributed by atoms with Gasteiger partial charge in [-0.3, -0.25) is 4.79 Å². The molecule has 0 aromatic heterocycles. The molecular formula is C11H21NO4. The summed E-state index contributed by atoms with van der Waals surface area (Å²) < 4.78 is 4.91. The van der Waals surface area contributed by atoms with E-state index in [-0.39, 0.29) is 12.3 Å². The first-order chi connectivity index (χ1) is 7.41. The summed E-state index contributed by atoms with van der Waals surface area (Å²) in [6, 6.07) is 0. The lowest BCUT2D eigenvalue weighted by Crippen LogP contribution is -2.30. The fraction of sp³-hybridized carbons (Fsp3) is 0.818. The summed E-state index contributed by atoms with van der Waals surface area (Å²) in [4.78, 5) is 21.4. The van der Waals surface area contributed by atoms with E-state index in [1.165, 1.54) is 0 Å². The van der Waals surface area contributed by atoms with Gasteiger partial charge in [0.15, 0.2) is 0 Å². The minimum absolute atomic E-state index is 0.129. The molecule has 1 unspecified atom stereocenters. The molecule has 0 bridgehead atoms. The third-order valence-electron chi connectivity index (χ3n) is 1.99. The van der Waals surface area contributed by atoms with Crippen LogP contribution in [0.2, 0.25) is 0 Å². The van der Waals surface area contributed by atoms with Crippen LogP contribution < -0.4 is 5.32 Å². The van der Waals surface area contributed by atoms with Crippen molar-refractivity contribution in [2.75, 3.05) is 13.2 Å². The fourth-order valence-corrected chi connectivity index (χ4v) is 1.02. The molecule has 5 nitrogen and oxygen atoms in total. The van der Waals surface area contributed by atoms with Gasteiger partial charge in [0.05, 0.1) is 6.61 Å². The lowest BCUT2D eigenvalue weighted by atomic mass is 10.1. The van der Waals surface area contributed by atoms with Crippen molar-refractivity contribution in [1.82, 2.24) is 5.32 Å². The number of aliphatic carboxylic acids is 1. The van der Waals surface area contributed by atoms with E-state index in [4.69, 9.17) is 9.84 Å². The van der Waals surface area contributed by atoms with Crippen molar-refractivity contribution in [3.05, 3.63) is 0 Å². The van der Waals surface area contributed by atoms with E-state index in [1.54, 1.807) is 0 Å². The minimum Gasteiger partial charge on any atom is -0.481 e. The summed E-state index contributed by atoms with van der Waals surface area (Å²) in [5.41, 5.74) is 0. The van der Waals surface area contributed by atoms with E-state index in [9.17, 15) is 9.59 Å². The van der Waals surface area contributed by atoms with Gasteiger partial charge in [0.1, 0.15) is 0 Å². The van der Waals surface area contributed by atoms with E-state index in [0.29, 0.717) is 25.5 Å². The lowest BCUT2D eigenvalue weighted by Gasteiger charge is -2.12. The maximum absolute atomic E-state index is 11.1. The fourth-order valence-electron chi connectivity index (χ4n) is 1.02. The Bertz CT molecular complexity index is 228. The molecule has 0 aliphatic carbocycles. The molecule has 0 saturated carbocycles. The Kier molecular flexibility index (Phi) is 7.33. The summed E-state index contributed by atoms with van der Waals surface area (Å²) >= 11 is 0. The SMILES string of the molecule is CC(C)COC(=O)NCC(C)CCC(=O)O. The van der Waals surface area contributed by atoms with Gasteiger partial charge in [-0.25, -0.2) is 4.79 Å². The van der Waals surface area contributed by atoms with Crippen LogP contribution in [0.25, 0.3) is 0 Å². The minimum atomic E-state index is -0.811. The van der Waals surface area contributed by atoms with Crippen molar-refractivity contribution < 1.29 is 19.4 Å². The van der Waals surface area contributed by atoms with E-state index in [0.717, 1.165) is 0 Å². The molecule has 0 aromatic carbocycles. The largest absolute Gasteiger partial charge is 0.481 e. The third-order valence-corrected chi connectivity index (χ3v) is 1.99. The molecule has 1 atom stereocenters. The molecule has 0 aliphatic rings. The zero-order valence-electron chi connectivity index (χ0n) is 10.2. The highest BCUT2D eigenvalue weighted by Crippen LogP contribution is 2.03. The number of carboxylic acid groups (broad SMARTS) is 1. The molecule has 0 aliphatic heterocycles. The van der Waals surface area contributed by atoms with Gasteiger partial charge < -0.3 is 15.2 Å². The van der Waals surface area contributed by atoms with Gasteiger partial charge in [-0.2, -0.15) is 0 Å². The smallest absolute Gasteiger partial charge is 0.407 e. The zero-order chi connectivity index (χ0) is 12.6. The summed E-state index contributed by atoms with van der Waals surface area (Å²) in [6.45, 7) is 6.66. The Labute approximate surface area is 96.2 Å². The van der Waals surface area contributed by atoms with Gasteiger partial charge in [0.25, 0.3) is 0 Å². The first kappa shape index (κ1) is 14.7. The van der Waals surface area contributed by atoms with Gasteiger partial charge in [-0.1, -0.05) is 20.8 Å². The van der Waals surface area contributed by atoms with Gasteiger partial charge in [-0.15, -0.1) is 0 Å². The van der Waals surface area contributed by atoms with Crippen LogP contribution in [0.5, 0.6) is 0 Å². The third kappa shape index (κ3) is 9.30. The number of hydrogen-bond donors (Lipinski definition) is 2. The maximum atomic E-state index is 11.1. The Balaban J connectivity index is 3.54. The van der Waals surface area contributed by atoms with Gasteiger partial charge in [0, 0.05) is 13.0 Å². The molecule has 0 radical (unpaired) electrons. The highest BCUT2D eigenvalue weighted by Gasteiger charge is 2.08. The van der Waals surface area contributed by atoms with Crippen molar-refractivity contribution in [2.45, 2.75) is 33.6 Å². The second kappa shape index (κ2) is 7.96. The molecule has 2 N–H and O–H groups in total. The molecule has 94 valence electrons. The quantitative estimate of drug-likeness (QED) is 0.701. The average molecular weight is 231 g/mol. The van der Waals surface area contributed by atoms with Crippen LogP contribution >= 0.6 is 0 Å². The van der Waals surface area contributed by atoms with Crippen molar-refractivity contribution in [3.63, 3.8) is 0 Å². The molecule has 0 spiro atoms. The number of rotatable bonds is 7. The van der Waals surface area contributed by atoms with Crippen LogP contribution in [0, 0.1) is 11.8 Å². The molecule has 0 saturated heterocycles. The molecule has 0 fully saturated rings. The zero-order valence-corrected chi connectivity index (χ0v) is 10.2. The highest BCUT2D eigenvalue weighted by atomic mass is 16.5. The van der Waals surface area contributed by atoms with Gasteiger partial charge >= 0.3 is 12.1 Å². The Morgan fingerprint density at radius 1 is 1.31 bits per heavy atom. The number of alkyl carbamates (subject to hydrolysis) is 1. The number of nitrogens with one attached hydrogen (secondary N) is 1. The second-order valence-electron chi connectivity index (χ2n) is 4.41. The monoisotopic (exact) mass is 231 g/mol. The lowest BCUT2D eigenvalue weighted by molar-refractivity contribution is -0.137. The van der Waals surface area contributed by atoms with Crippen LogP contribution in [-0.4, -0.2) is 30.3 Å². The topological polar surface area (TPSA) is 75.6 Å². The summed E-state index contributed by atoms with van der Waals surface area (Å²) in [5, 5.41) is 11.1. The van der Waals surface area contributed by atoms with Crippen LogP contribution in [0.15, 0.2) is 0 Å². The van der Waals surface area contributed by atoms with Gasteiger partial charge in [0.2, 0.25) is 0 Å². The molecule has 16 heavy (non-hydrogen) atoms. The molecule has 5 heteroatoms. The number of carbonyl (C=O) groups is 2. The molecular weight excluding hydrogens is 210 g/mol. The number of ether oxygens (including phenoxy) is 1. The number of carboxylic acids is 1. The first-order valence-corrected chi connectivity index (χ1v) is 5.54. The Hall–Kier alpha value is -1.26. The van der Waals surface area contributed by atoms with Gasteiger partial charge in [-0.05, 0) is 18.3 Å². The molecule has 1 amide bonds. The second-order valence-corrected chi connectivity index (χ2v) is 4.41. The van der Waals surface area contributed by atoms with Crippen molar-refractivity contribution in [3.8, 4) is 0 Å². The normalized spacial score (nSPS) is 12.2. The number of hydrogen-bond acceptors (Lipinski definition) is 3. The van der Waals surface area contributed by atoms with E-state index >= 15 is 0 Å². The first-order valence-electron chi connectivity index (χ1n) is 5.54. The predicted octanol–water partition coefficient (Wildman–Crippen LogP) is 1.87. The van der Waals surface area contributed by atoms with Crippen LogP contribution in [0.3, 0.4) is 0 Å². The number of carbonyl (C=O) groups excluding carboxylic acids is 1. The maximum Gasteiger partial charge on any atom is 0.407 e. The summed E-state index contributed by atoms with van der Waals surface area (Å²) in [5.74, 6) is -0.355. The van der Waals surface area contributed by atoms with Crippen LogP contribution in [-0.2, 0) is 9.53 Å². The highest BCUT2D eigenvalue weighted by molar-refractivity contribution is 5.67. The van der Waals surface area contributed by atoms with E-state index in [1.807, 2.05) is 20.8 Å². The number of amides is 1. The molecule has 0 aromatic rings. The van der Waals surface area contributed by atoms with Crippen molar-refractivity contribution in [1.29, 1.82) is 0 Å². The van der Waals surface area contributed by atoms with Crippen LogP contribution in [0.4, 0.5) is 4.79 Å². The Morgan fingerprint density at radius 2 is 1.94 bits per heavy atom. The van der Waals surface area contributed by atoms with Crippen molar-refractivity contribution >= 4 is 12.1 Å². The standard InChI is InChI=1S/C11H21NO4/c1-8(2)7-16-11(15)12-6-9(3)4-5-10(13)14/h8-9H,4-7H2,1-3H3,(H,12,15)(H,13,14). The predicted molar refractivity (Wildman–Crippen MR) is 60.2 cm³/mol. The molecule has 0 rings (SSSR count).